The summed E-state index contributed by atoms with van der Waals surface area (Å²) in [4.78, 5) is 4.41. The second-order valence-electron chi connectivity index (χ2n) is 5.14. The molecule has 3 rings (SSSR count). The fraction of sp³-hybridized carbons (Fsp3) is 0.0500. The summed E-state index contributed by atoms with van der Waals surface area (Å²) in [7, 11) is 11.5. The molecule has 0 bridgehead atoms. The number of methoxy groups -OCH3 is 1. The molecular weight excluding hydrogens is 448 g/mol. The fourth-order valence-corrected chi connectivity index (χ4v) is 2.34. The topological polar surface area (TPSA) is 41.8 Å². The molecule has 0 radical (unpaired) electrons. The van der Waals surface area contributed by atoms with E-state index in [4.69, 9.17) is 21.8 Å². The van der Waals surface area contributed by atoms with Gasteiger partial charge >= 0.3 is 37.9 Å². The number of nitrogens with zero attached hydrogens (tertiary/aromatic N) is 1. The SMILES string of the molecule is COc1cc(C=Nc2ccccc2)c(O)c(-c2ccccc2)c1.[Cl][Zr][Cl]. The molecule has 26 heavy (non-hydrogen) atoms. The van der Waals surface area contributed by atoms with Crippen molar-refractivity contribution in [2.45, 2.75) is 0 Å². The van der Waals surface area contributed by atoms with E-state index in [1.165, 1.54) is 0 Å². The number of benzene rings is 3. The van der Waals surface area contributed by atoms with Crippen LogP contribution in [0.1, 0.15) is 5.56 Å². The van der Waals surface area contributed by atoms with Gasteiger partial charge in [0.15, 0.2) is 0 Å². The Morgan fingerprint density at radius 1 is 0.962 bits per heavy atom. The van der Waals surface area contributed by atoms with Gasteiger partial charge in [0, 0.05) is 17.3 Å². The molecule has 132 valence electrons. The molecule has 3 nitrogen and oxygen atoms in total. The van der Waals surface area contributed by atoms with Gasteiger partial charge in [-0.2, -0.15) is 0 Å². The second kappa shape index (κ2) is 11.2. The zero-order chi connectivity index (χ0) is 18.8. The van der Waals surface area contributed by atoms with Crippen LogP contribution in [0.3, 0.4) is 0 Å². The number of halogens is 2. The molecule has 0 spiro atoms. The number of para-hydroxylation sites is 1. The van der Waals surface area contributed by atoms with Crippen molar-refractivity contribution in [2.75, 3.05) is 7.11 Å². The van der Waals surface area contributed by atoms with Crippen LogP contribution in [0.25, 0.3) is 11.1 Å². The van der Waals surface area contributed by atoms with Crippen molar-refractivity contribution >= 4 is 28.9 Å². The van der Waals surface area contributed by atoms with Crippen LogP contribution in [-0.2, 0) is 20.8 Å². The van der Waals surface area contributed by atoms with E-state index in [-0.39, 0.29) is 5.75 Å². The molecule has 3 aromatic carbocycles. The molecule has 0 aromatic heterocycles. The van der Waals surface area contributed by atoms with Crippen molar-refractivity contribution in [3.8, 4) is 22.6 Å². The Hall–Kier alpha value is -1.61. The molecule has 1 N–H and O–H groups in total. The summed E-state index contributed by atoms with van der Waals surface area (Å²) >= 11 is -0.826. The maximum atomic E-state index is 10.6. The number of aliphatic imine (C=N–C) groups is 1. The molecule has 0 aliphatic carbocycles. The zero-order valence-electron chi connectivity index (χ0n) is 14.1. The van der Waals surface area contributed by atoms with Crippen molar-refractivity contribution in [1.29, 1.82) is 0 Å². The predicted molar refractivity (Wildman–Crippen MR) is 105 cm³/mol. The molecule has 0 saturated carbocycles. The maximum absolute atomic E-state index is 10.6. The fourth-order valence-electron chi connectivity index (χ4n) is 2.34. The van der Waals surface area contributed by atoms with E-state index in [1.54, 1.807) is 19.4 Å². The van der Waals surface area contributed by atoms with Crippen molar-refractivity contribution in [2.24, 2.45) is 4.99 Å². The standard InChI is InChI=1S/C20H17NO2.2ClH.Zr/c1-23-18-12-16(14-21-17-10-6-3-7-11-17)20(22)19(13-18)15-8-4-2-5-9-15;;;/h2-14,22H,1H3;2*1H;/q;;;+2/p-2. The Bertz CT molecular complexity index is 843. The van der Waals surface area contributed by atoms with Crippen LogP contribution in [0.2, 0.25) is 0 Å². The van der Waals surface area contributed by atoms with Gasteiger partial charge in [-0.3, -0.25) is 4.99 Å². The van der Waals surface area contributed by atoms with Gasteiger partial charge in [-0.1, -0.05) is 48.5 Å². The third-order valence-corrected chi connectivity index (χ3v) is 3.54. The molecule has 0 fully saturated rings. The van der Waals surface area contributed by atoms with Crippen molar-refractivity contribution in [1.82, 2.24) is 0 Å². The number of rotatable bonds is 4. The quantitative estimate of drug-likeness (QED) is 0.467. The first-order valence-electron chi connectivity index (χ1n) is 7.71. The Morgan fingerprint density at radius 3 is 2.12 bits per heavy atom. The third-order valence-electron chi connectivity index (χ3n) is 3.54. The first-order valence-corrected chi connectivity index (χ1v) is 14.0. The van der Waals surface area contributed by atoms with Gasteiger partial charge in [0.05, 0.1) is 12.8 Å². The van der Waals surface area contributed by atoms with Crippen LogP contribution in [0.5, 0.6) is 11.5 Å². The summed E-state index contributed by atoms with van der Waals surface area (Å²) in [5.74, 6) is 0.868. The van der Waals surface area contributed by atoms with Gasteiger partial charge in [0.25, 0.3) is 0 Å². The average Bonchev–Trinajstić information content (AvgIpc) is 2.69. The molecule has 0 amide bonds. The molecule has 0 unspecified atom stereocenters. The van der Waals surface area contributed by atoms with Crippen LogP contribution < -0.4 is 4.74 Å². The molecule has 0 atom stereocenters. The Labute approximate surface area is 171 Å². The number of hydrogen-bond donors (Lipinski definition) is 1. The molecular formula is C20H17Cl2NO2Zr. The summed E-state index contributed by atoms with van der Waals surface area (Å²) < 4.78 is 5.35. The third kappa shape index (κ3) is 5.98. The second-order valence-corrected chi connectivity index (χ2v) is 8.88. The van der Waals surface area contributed by atoms with Crippen LogP contribution in [0.4, 0.5) is 5.69 Å². The first kappa shape index (κ1) is 20.7. The summed E-state index contributed by atoms with van der Waals surface area (Å²) in [6, 6.07) is 22.9. The van der Waals surface area contributed by atoms with Gasteiger partial charge < -0.3 is 9.84 Å². The van der Waals surface area contributed by atoms with Crippen molar-refractivity contribution in [3.05, 3.63) is 78.4 Å². The monoisotopic (exact) mass is 463 g/mol. The molecule has 0 aliphatic rings. The number of phenolic OH excluding ortho intramolecular Hbond substituents is 1. The molecule has 6 heteroatoms. The van der Waals surface area contributed by atoms with Gasteiger partial charge in [-0.25, -0.2) is 0 Å². The van der Waals surface area contributed by atoms with Gasteiger partial charge in [0.1, 0.15) is 11.5 Å². The summed E-state index contributed by atoms with van der Waals surface area (Å²) in [6.45, 7) is 0. The number of phenols is 1. The van der Waals surface area contributed by atoms with Crippen molar-refractivity contribution < 1.29 is 30.7 Å². The van der Waals surface area contributed by atoms with Crippen LogP contribution in [0.15, 0.2) is 77.8 Å². The Kier molecular flexibility index (Phi) is 8.90. The molecule has 0 saturated heterocycles. The Balaban J connectivity index is 0.000000758. The van der Waals surface area contributed by atoms with E-state index in [2.05, 4.69) is 4.99 Å². The number of aromatic hydroxyl groups is 1. The van der Waals surface area contributed by atoms with E-state index in [0.29, 0.717) is 11.3 Å². The van der Waals surface area contributed by atoms with Crippen LogP contribution >= 0.6 is 17.0 Å². The van der Waals surface area contributed by atoms with E-state index in [9.17, 15) is 5.11 Å². The van der Waals surface area contributed by atoms with Crippen LogP contribution in [0, 0.1) is 0 Å². The summed E-state index contributed by atoms with van der Waals surface area (Å²) in [6.07, 6.45) is 1.65. The minimum atomic E-state index is -0.826. The van der Waals surface area contributed by atoms with E-state index < -0.39 is 20.8 Å². The first-order chi connectivity index (χ1) is 12.7. The summed E-state index contributed by atoms with van der Waals surface area (Å²) in [5, 5.41) is 10.6. The van der Waals surface area contributed by atoms with E-state index in [1.807, 2.05) is 66.7 Å². The molecule has 0 heterocycles. The number of ether oxygens (including phenoxy) is 1. The average molecular weight is 465 g/mol. The van der Waals surface area contributed by atoms with Crippen LogP contribution in [-0.4, -0.2) is 18.4 Å². The van der Waals surface area contributed by atoms with E-state index >= 15 is 0 Å². The van der Waals surface area contributed by atoms with Gasteiger partial charge in [-0.05, 0) is 29.8 Å². The molecule has 3 aromatic rings. The normalized spacial score (nSPS) is 10.1. The summed E-state index contributed by atoms with van der Waals surface area (Å²) in [5.41, 5.74) is 3.10. The van der Waals surface area contributed by atoms with Gasteiger partial charge in [-0.15, -0.1) is 0 Å². The number of hydrogen-bond acceptors (Lipinski definition) is 3. The predicted octanol–water partition coefficient (Wildman–Crippen LogP) is 6.19. The van der Waals surface area contributed by atoms with E-state index in [0.717, 1.165) is 16.8 Å². The zero-order valence-corrected chi connectivity index (χ0v) is 18.0. The minimum absolute atomic E-state index is 0.191. The van der Waals surface area contributed by atoms with Gasteiger partial charge in [0.2, 0.25) is 0 Å². The molecule has 0 aliphatic heterocycles. The van der Waals surface area contributed by atoms with Crippen molar-refractivity contribution in [3.63, 3.8) is 0 Å². The Morgan fingerprint density at radius 2 is 1.54 bits per heavy atom.